The minimum absolute atomic E-state index is 0.448. The second-order valence-electron chi connectivity index (χ2n) is 6.60. The standard InChI is InChI=1S/C15H26O2/c1-10(2)12-6-5-11(3)13-7-8-15(4,17-16)9-14(12)13/h9-13,16H,5-8H2,1-4H3/t11-,12+,13+,15-/m1/s1. The summed E-state index contributed by atoms with van der Waals surface area (Å²) in [6, 6.07) is 0. The lowest BCUT2D eigenvalue weighted by Gasteiger charge is -2.44. The van der Waals surface area contributed by atoms with Gasteiger partial charge in [-0.15, -0.1) is 0 Å². The van der Waals surface area contributed by atoms with Gasteiger partial charge in [-0.1, -0.05) is 32.4 Å². The minimum Gasteiger partial charge on any atom is -0.251 e. The highest BCUT2D eigenvalue weighted by Gasteiger charge is 2.40. The molecule has 0 aromatic carbocycles. The summed E-state index contributed by atoms with van der Waals surface area (Å²) in [6.07, 6.45) is 6.96. The number of rotatable bonds is 2. The molecule has 2 aliphatic carbocycles. The summed E-state index contributed by atoms with van der Waals surface area (Å²) in [5, 5.41) is 9.09. The Bertz CT molecular complexity index is 308. The third-order valence-corrected chi connectivity index (χ3v) is 4.91. The topological polar surface area (TPSA) is 29.5 Å². The van der Waals surface area contributed by atoms with Crippen LogP contribution in [0.25, 0.3) is 0 Å². The summed E-state index contributed by atoms with van der Waals surface area (Å²) in [6.45, 7) is 8.99. The highest BCUT2D eigenvalue weighted by atomic mass is 17.1. The third kappa shape index (κ3) is 2.43. The van der Waals surface area contributed by atoms with Crippen LogP contribution in [-0.2, 0) is 4.89 Å². The van der Waals surface area contributed by atoms with Gasteiger partial charge in [0.25, 0.3) is 0 Å². The van der Waals surface area contributed by atoms with Gasteiger partial charge in [0.15, 0.2) is 0 Å². The SMILES string of the molecule is CC(C)[C@@H]1CC[C@@H](C)[C@@H]2CC[C@@](C)(OO)C=C12. The zero-order valence-corrected chi connectivity index (χ0v) is 11.6. The summed E-state index contributed by atoms with van der Waals surface area (Å²) < 4.78 is 0. The largest absolute Gasteiger partial charge is 0.251 e. The average Bonchev–Trinajstić information content (AvgIpc) is 2.29. The van der Waals surface area contributed by atoms with E-state index < -0.39 is 5.60 Å². The molecule has 0 aromatic heterocycles. The lowest BCUT2D eigenvalue weighted by molar-refractivity contribution is -0.306. The zero-order valence-electron chi connectivity index (χ0n) is 11.6. The van der Waals surface area contributed by atoms with E-state index in [-0.39, 0.29) is 0 Å². The first-order chi connectivity index (χ1) is 7.97. The van der Waals surface area contributed by atoms with Crippen LogP contribution < -0.4 is 0 Å². The number of allylic oxidation sites excluding steroid dienone is 1. The Hall–Kier alpha value is -0.340. The van der Waals surface area contributed by atoms with Gasteiger partial charge < -0.3 is 0 Å². The highest BCUT2D eigenvalue weighted by Crippen LogP contribution is 2.48. The molecular weight excluding hydrogens is 212 g/mol. The van der Waals surface area contributed by atoms with Crippen LogP contribution in [0.15, 0.2) is 11.6 Å². The maximum absolute atomic E-state index is 9.09. The number of fused-ring (bicyclic) bond motifs is 1. The first kappa shape index (κ1) is 13.1. The molecule has 0 spiro atoms. The van der Waals surface area contributed by atoms with Crippen LogP contribution >= 0.6 is 0 Å². The summed E-state index contributed by atoms with van der Waals surface area (Å²) in [5.74, 6) is 2.89. The van der Waals surface area contributed by atoms with Crippen LogP contribution in [0.4, 0.5) is 0 Å². The summed E-state index contributed by atoms with van der Waals surface area (Å²) in [5.41, 5.74) is 1.11. The first-order valence-electron chi connectivity index (χ1n) is 7.02. The van der Waals surface area contributed by atoms with E-state index in [1.54, 1.807) is 5.57 Å². The van der Waals surface area contributed by atoms with Crippen molar-refractivity contribution in [2.45, 2.75) is 59.0 Å². The van der Waals surface area contributed by atoms with Crippen LogP contribution in [0.3, 0.4) is 0 Å². The quantitative estimate of drug-likeness (QED) is 0.442. The maximum atomic E-state index is 9.09. The van der Waals surface area contributed by atoms with Crippen molar-refractivity contribution in [3.05, 3.63) is 11.6 Å². The van der Waals surface area contributed by atoms with E-state index in [1.807, 2.05) is 6.92 Å². The fourth-order valence-corrected chi connectivity index (χ4v) is 3.74. The summed E-state index contributed by atoms with van der Waals surface area (Å²) in [4.78, 5) is 4.71. The molecule has 0 aromatic rings. The van der Waals surface area contributed by atoms with E-state index in [0.717, 1.165) is 24.7 Å². The molecule has 1 N–H and O–H groups in total. The Morgan fingerprint density at radius 3 is 2.65 bits per heavy atom. The molecule has 0 unspecified atom stereocenters. The Balaban J connectivity index is 2.31. The lowest BCUT2D eigenvalue weighted by Crippen LogP contribution is -2.38. The van der Waals surface area contributed by atoms with E-state index >= 15 is 0 Å². The van der Waals surface area contributed by atoms with Crippen molar-refractivity contribution in [2.75, 3.05) is 0 Å². The molecule has 0 heterocycles. The van der Waals surface area contributed by atoms with Gasteiger partial charge in [-0.25, -0.2) is 4.89 Å². The smallest absolute Gasteiger partial charge is 0.119 e. The van der Waals surface area contributed by atoms with Crippen molar-refractivity contribution < 1.29 is 10.1 Å². The molecule has 0 radical (unpaired) electrons. The van der Waals surface area contributed by atoms with Gasteiger partial charge in [0.05, 0.1) is 0 Å². The molecule has 2 rings (SSSR count). The van der Waals surface area contributed by atoms with Gasteiger partial charge in [0.1, 0.15) is 5.60 Å². The molecule has 2 heteroatoms. The summed E-state index contributed by atoms with van der Waals surface area (Å²) in [7, 11) is 0. The normalized spacial score (nSPS) is 42.2. The van der Waals surface area contributed by atoms with Crippen LogP contribution in [0, 0.1) is 23.7 Å². The second-order valence-corrected chi connectivity index (χ2v) is 6.60. The molecule has 0 saturated heterocycles. The van der Waals surface area contributed by atoms with Crippen molar-refractivity contribution in [2.24, 2.45) is 23.7 Å². The van der Waals surface area contributed by atoms with E-state index in [4.69, 9.17) is 10.1 Å². The van der Waals surface area contributed by atoms with E-state index in [9.17, 15) is 0 Å². The molecular formula is C15H26O2. The maximum Gasteiger partial charge on any atom is 0.119 e. The average molecular weight is 238 g/mol. The monoisotopic (exact) mass is 238 g/mol. The van der Waals surface area contributed by atoms with Crippen molar-refractivity contribution in [1.29, 1.82) is 0 Å². The van der Waals surface area contributed by atoms with Crippen LogP contribution in [0.2, 0.25) is 0 Å². The van der Waals surface area contributed by atoms with Gasteiger partial charge in [0, 0.05) is 0 Å². The number of hydrogen-bond acceptors (Lipinski definition) is 2. The van der Waals surface area contributed by atoms with Gasteiger partial charge in [-0.3, -0.25) is 5.26 Å². The fourth-order valence-electron chi connectivity index (χ4n) is 3.74. The van der Waals surface area contributed by atoms with Crippen LogP contribution in [0.1, 0.15) is 53.4 Å². The van der Waals surface area contributed by atoms with Crippen LogP contribution in [-0.4, -0.2) is 10.9 Å². The second kappa shape index (κ2) is 4.74. The first-order valence-corrected chi connectivity index (χ1v) is 7.02. The molecule has 2 aliphatic rings. The van der Waals surface area contributed by atoms with Crippen molar-refractivity contribution >= 4 is 0 Å². The van der Waals surface area contributed by atoms with E-state index in [1.165, 1.54) is 12.8 Å². The van der Waals surface area contributed by atoms with Gasteiger partial charge in [0.2, 0.25) is 0 Å². The van der Waals surface area contributed by atoms with Gasteiger partial charge in [-0.05, 0) is 56.3 Å². The van der Waals surface area contributed by atoms with Crippen molar-refractivity contribution in [3.63, 3.8) is 0 Å². The third-order valence-electron chi connectivity index (χ3n) is 4.91. The van der Waals surface area contributed by atoms with Crippen molar-refractivity contribution in [3.8, 4) is 0 Å². The Kier molecular flexibility index (Phi) is 3.65. The molecule has 1 saturated carbocycles. The molecule has 17 heavy (non-hydrogen) atoms. The number of hydrogen-bond donors (Lipinski definition) is 1. The predicted molar refractivity (Wildman–Crippen MR) is 69.7 cm³/mol. The molecule has 0 bridgehead atoms. The summed E-state index contributed by atoms with van der Waals surface area (Å²) >= 11 is 0. The predicted octanol–water partition coefficient (Wildman–Crippen LogP) is 4.27. The Labute approximate surface area is 105 Å². The molecule has 0 aliphatic heterocycles. The van der Waals surface area contributed by atoms with Gasteiger partial charge in [-0.2, -0.15) is 0 Å². The van der Waals surface area contributed by atoms with E-state index in [2.05, 4.69) is 26.8 Å². The molecule has 4 atom stereocenters. The van der Waals surface area contributed by atoms with Gasteiger partial charge >= 0.3 is 0 Å². The Morgan fingerprint density at radius 1 is 1.35 bits per heavy atom. The zero-order chi connectivity index (χ0) is 12.6. The minimum atomic E-state index is -0.448. The highest BCUT2D eigenvalue weighted by molar-refractivity contribution is 5.23. The van der Waals surface area contributed by atoms with E-state index in [0.29, 0.717) is 11.8 Å². The molecule has 2 nitrogen and oxygen atoms in total. The molecule has 0 amide bonds. The lowest BCUT2D eigenvalue weighted by atomic mass is 9.62. The van der Waals surface area contributed by atoms with Crippen LogP contribution in [0.5, 0.6) is 0 Å². The fraction of sp³-hybridized carbons (Fsp3) is 0.867. The molecule has 1 fully saturated rings. The van der Waals surface area contributed by atoms with Crippen molar-refractivity contribution in [1.82, 2.24) is 0 Å². The Morgan fingerprint density at radius 2 is 2.06 bits per heavy atom. The molecule has 98 valence electrons.